The van der Waals surface area contributed by atoms with Crippen molar-refractivity contribution >= 4 is 17.1 Å². The van der Waals surface area contributed by atoms with Gasteiger partial charge in [-0.2, -0.15) is 4.98 Å². The molecule has 0 atom stereocenters. The van der Waals surface area contributed by atoms with Gasteiger partial charge in [-0.1, -0.05) is 5.92 Å². The van der Waals surface area contributed by atoms with Crippen molar-refractivity contribution in [2.75, 3.05) is 37.7 Å². The third-order valence-electron chi connectivity index (χ3n) is 4.35. The molecule has 1 aliphatic rings. The maximum atomic E-state index is 12.7. The van der Waals surface area contributed by atoms with E-state index in [-0.39, 0.29) is 13.2 Å². The summed E-state index contributed by atoms with van der Waals surface area (Å²) in [7, 11) is 1.44. The largest absolute Gasteiger partial charge is 0.395 e. The molecule has 3 heterocycles. The zero-order valence-corrected chi connectivity index (χ0v) is 14.4. The highest BCUT2D eigenvalue weighted by atomic mass is 16.3. The number of hydrogen-bond donors (Lipinski definition) is 2. The standard InChI is InChI=1S/C16H22N6O3/c1-3-4-7-21-12-13(18-15(21)20-8-5-17-6-9-20)22(10-11-23)16(25)19(2)14(12)24/h17,23H,5-11H2,1-2H3. The summed E-state index contributed by atoms with van der Waals surface area (Å²) in [4.78, 5) is 31.8. The highest BCUT2D eigenvalue weighted by molar-refractivity contribution is 5.75. The normalized spacial score (nSPS) is 14.6. The fourth-order valence-corrected chi connectivity index (χ4v) is 3.06. The number of piperazine rings is 1. The van der Waals surface area contributed by atoms with Crippen molar-refractivity contribution in [3.05, 3.63) is 20.8 Å². The summed E-state index contributed by atoms with van der Waals surface area (Å²) in [5, 5.41) is 12.6. The quantitative estimate of drug-likeness (QED) is 0.642. The summed E-state index contributed by atoms with van der Waals surface area (Å²) in [5.74, 6) is 6.45. The van der Waals surface area contributed by atoms with Gasteiger partial charge >= 0.3 is 5.69 Å². The zero-order chi connectivity index (χ0) is 18.0. The van der Waals surface area contributed by atoms with Gasteiger partial charge in [0.1, 0.15) is 0 Å². The average molecular weight is 346 g/mol. The lowest BCUT2D eigenvalue weighted by Gasteiger charge is -2.28. The number of hydrogen-bond acceptors (Lipinski definition) is 6. The van der Waals surface area contributed by atoms with E-state index >= 15 is 0 Å². The number of imidazole rings is 1. The first-order chi connectivity index (χ1) is 12.1. The van der Waals surface area contributed by atoms with E-state index in [1.807, 2.05) is 0 Å². The van der Waals surface area contributed by atoms with E-state index < -0.39 is 11.2 Å². The Labute approximate surface area is 144 Å². The van der Waals surface area contributed by atoms with E-state index in [4.69, 9.17) is 0 Å². The van der Waals surface area contributed by atoms with Gasteiger partial charge in [-0.25, -0.2) is 4.79 Å². The van der Waals surface area contributed by atoms with E-state index in [0.29, 0.717) is 23.7 Å². The minimum absolute atomic E-state index is 0.0842. The molecule has 9 nitrogen and oxygen atoms in total. The van der Waals surface area contributed by atoms with Crippen LogP contribution in [0.2, 0.25) is 0 Å². The van der Waals surface area contributed by atoms with Crippen LogP contribution in [0.15, 0.2) is 9.59 Å². The third-order valence-corrected chi connectivity index (χ3v) is 4.35. The van der Waals surface area contributed by atoms with E-state index in [1.54, 1.807) is 11.5 Å². The Morgan fingerprint density at radius 2 is 1.96 bits per heavy atom. The Morgan fingerprint density at radius 1 is 1.24 bits per heavy atom. The molecule has 0 unspecified atom stereocenters. The Bertz CT molecular complexity index is 953. The Morgan fingerprint density at radius 3 is 2.60 bits per heavy atom. The smallest absolute Gasteiger partial charge is 0.332 e. The van der Waals surface area contributed by atoms with Crippen LogP contribution in [-0.4, -0.2) is 56.6 Å². The van der Waals surface area contributed by atoms with Gasteiger partial charge in [-0.15, -0.1) is 5.92 Å². The molecule has 3 rings (SSSR count). The molecule has 134 valence electrons. The molecule has 0 bridgehead atoms. The van der Waals surface area contributed by atoms with E-state index in [9.17, 15) is 14.7 Å². The van der Waals surface area contributed by atoms with Crippen LogP contribution in [0, 0.1) is 11.8 Å². The fourth-order valence-electron chi connectivity index (χ4n) is 3.06. The molecule has 25 heavy (non-hydrogen) atoms. The average Bonchev–Trinajstić information content (AvgIpc) is 3.01. The second-order valence-electron chi connectivity index (χ2n) is 5.86. The van der Waals surface area contributed by atoms with Crippen LogP contribution in [0.3, 0.4) is 0 Å². The van der Waals surface area contributed by atoms with E-state index in [2.05, 4.69) is 27.0 Å². The maximum Gasteiger partial charge on any atom is 0.332 e. The topological polar surface area (TPSA) is 97.3 Å². The summed E-state index contributed by atoms with van der Waals surface area (Å²) >= 11 is 0. The first-order valence-electron chi connectivity index (χ1n) is 8.26. The molecule has 1 fully saturated rings. The molecule has 2 aromatic heterocycles. The molecule has 0 aliphatic carbocycles. The van der Waals surface area contributed by atoms with Gasteiger partial charge in [0.05, 0.1) is 19.7 Å². The highest BCUT2D eigenvalue weighted by Gasteiger charge is 2.24. The summed E-state index contributed by atoms with van der Waals surface area (Å²) in [6, 6.07) is 0. The minimum atomic E-state index is -0.482. The molecular formula is C16H22N6O3. The Hall–Kier alpha value is -2.57. The number of nitrogens with one attached hydrogen (secondary N) is 1. The number of aliphatic hydroxyl groups excluding tert-OH is 1. The number of nitrogens with zero attached hydrogens (tertiary/aromatic N) is 5. The maximum absolute atomic E-state index is 12.7. The molecule has 0 radical (unpaired) electrons. The van der Waals surface area contributed by atoms with Crippen LogP contribution in [0.25, 0.3) is 11.2 Å². The van der Waals surface area contributed by atoms with Crippen LogP contribution in [-0.2, 0) is 20.1 Å². The number of aliphatic hydroxyl groups is 1. The van der Waals surface area contributed by atoms with Crippen LogP contribution in [0.5, 0.6) is 0 Å². The van der Waals surface area contributed by atoms with Gasteiger partial charge < -0.3 is 15.3 Å². The van der Waals surface area contributed by atoms with Crippen LogP contribution < -0.4 is 21.5 Å². The predicted octanol–water partition coefficient (Wildman–Crippen LogP) is -1.68. The SMILES string of the molecule is CC#CCn1c(N2CCNCC2)nc2c1c(=O)n(C)c(=O)n2CCO. The van der Waals surface area contributed by atoms with E-state index in [0.717, 1.165) is 30.7 Å². The van der Waals surface area contributed by atoms with Gasteiger partial charge in [0.25, 0.3) is 5.56 Å². The second kappa shape index (κ2) is 7.13. The van der Waals surface area contributed by atoms with Gasteiger partial charge in [0.2, 0.25) is 5.95 Å². The second-order valence-corrected chi connectivity index (χ2v) is 5.86. The molecular weight excluding hydrogens is 324 g/mol. The molecule has 0 saturated carbocycles. The number of aromatic nitrogens is 4. The number of rotatable bonds is 4. The van der Waals surface area contributed by atoms with Crippen LogP contribution in [0.1, 0.15) is 6.92 Å². The molecule has 1 saturated heterocycles. The lowest BCUT2D eigenvalue weighted by atomic mass is 10.4. The lowest BCUT2D eigenvalue weighted by Crippen LogP contribution is -2.44. The number of fused-ring (bicyclic) bond motifs is 1. The molecule has 1 aliphatic heterocycles. The van der Waals surface area contributed by atoms with Crippen molar-refractivity contribution in [1.29, 1.82) is 0 Å². The summed E-state index contributed by atoms with van der Waals surface area (Å²) < 4.78 is 4.17. The molecule has 2 aromatic rings. The Kier molecular flexibility index (Phi) is 4.92. The highest BCUT2D eigenvalue weighted by Crippen LogP contribution is 2.20. The van der Waals surface area contributed by atoms with E-state index in [1.165, 1.54) is 11.6 Å². The van der Waals surface area contributed by atoms with Crippen molar-refractivity contribution in [3.8, 4) is 11.8 Å². The number of anilines is 1. The zero-order valence-electron chi connectivity index (χ0n) is 14.4. The van der Waals surface area contributed by atoms with Gasteiger partial charge in [0, 0.05) is 33.2 Å². The summed E-state index contributed by atoms with van der Waals surface area (Å²) in [6.45, 7) is 5.09. The van der Waals surface area contributed by atoms with Crippen LogP contribution >= 0.6 is 0 Å². The lowest BCUT2D eigenvalue weighted by molar-refractivity contribution is 0.274. The van der Waals surface area contributed by atoms with Crippen molar-refractivity contribution in [1.82, 2.24) is 24.0 Å². The van der Waals surface area contributed by atoms with Gasteiger partial charge in [-0.3, -0.25) is 18.5 Å². The van der Waals surface area contributed by atoms with Crippen molar-refractivity contribution in [2.24, 2.45) is 7.05 Å². The summed E-state index contributed by atoms with van der Waals surface area (Å²) in [6.07, 6.45) is 0. The minimum Gasteiger partial charge on any atom is -0.395 e. The molecule has 0 spiro atoms. The predicted molar refractivity (Wildman–Crippen MR) is 94.9 cm³/mol. The first-order valence-corrected chi connectivity index (χ1v) is 8.26. The molecule has 0 amide bonds. The van der Waals surface area contributed by atoms with Gasteiger partial charge in [-0.05, 0) is 6.92 Å². The molecule has 9 heteroatoms. The molecule has 0 aromatic carbocycles. The summed E-state index contributed by atoms with van der Waals surface area (Å²) in [5.41, 5.74) is -0.244. The molecule has 2 N–H and O–H groups in total. The first kappa shape index (κ1) is 17.3. The monoisotopic (exact) mass is 346 g/mol. The Balaban J connectivity index is 2.33. The van der Waals surface area contributed by atoms with Crippen LogP contribution in [0.4, 0.5) is 5.95 Å². The third kappa shape index (κ3) is 2.94. The fraction of sp³-hybridized carbons (Fsp3) is 0.562. The van der Waals surface area contributed by atoms with Crippen molar-refractivity contribution < 1.29 is 5.11 Å². The van der Waals surface area contributed by atoms with Gasteiger partial charge in [0.15, 0.2) is 11.2 Å². The van der Waals surface area contributed by atoms with Crippen molar-refractivity contribution in [2.45, 2.75) is 20.0 Å². The van der Waals surface area contributed by atoms with Crippen molar-refractivity contribution in [3.63, 3.8) is 0 Å².